The van der Waals surface area contributed by atoms with Gasteiger partial charge < -0.3 is 4.42 Å². The van der Waals surface area contributed by atoms with Crippen molar-refractivity contribution in [3.05, 3.63) is 61.2 Å². The summed E-state index contributed by atoms with van der Waals surface area (Å²) in [6.45, 7) is 0. The van der Waals surface area contributed by atoms with E-state index in [1.54, 1.807) is 0 Å². The number of aromatic nitrogens is 2. The molecule has 19 heavy (non-hydrogen) atoms. The summed E-state index contributed by atoms with van der Waals surface area (Å²) in [6, 6.07) is 14.2. The average molecular weight is 246 g/mol. The molecule has 4 rings (SSSR count). The van der Waals surface area contributed by atoms with Crippen molar-refractivity contribution in [2.75, 3.05) is 0 Å². The van der Waals surface area contributed by atoms with Crippen LogP contribution in [-0.4, -0.2) is 9.97 Å². The number of hydrogen-bond acceptors (Lipinski definition) is 3. The molecule has 90 valence electrons. The van der Waals surface area contributed by atoms with Crippen LogP contribution in [0.1, 0.15) is 0 Å². The molecule has 0 amide bonds. The Labute approximate surface area is 109 Å². The van der Waals surface area contributed by atoms with Gasteiger partial charge in [-0.05, 0) is 23.8 Å². The minimum Gasteiger partial charge on any atom is -0.456 e. The van der Waals surface area contributed by atoms with Crippen molar-refractivity contribution in [2.24, 2.45) is 0 Å². The fourth-order valence-corrected chi connectivity index (χ4v) is 2.35. The van der Waals surface area contributed by atoms with E-state index < -0.39 is 0 Å². The zero-order valence-corrected chi connectivity index (χ0v) is 10.1. The summed E-state index contributed by atoms with van der Waals surface area (Å²) in [6.07, 6.45) is 5.17. The van der Waals surface area contributed by atoms with Gasteiger partial charge in [0.25, 0.3) is 0 Å². The van der Waals surface area contributed by atoms with Crippen LogP contribution in [0.2, 0.25) is 0 Å². The summed E-state index contributed by atoms with van der Waals surface area (Å²) >= 11 is 0. The van der Waals surface area contributed by atoms with E-state index in [4.69, 9.17) is 4.42 Å². The lowest BCUT2D eigenvalue weighted by Gasteiger charge is -1.99. The lowest BCUT2D eigenvalue weighted by atomic mass is 10.1. The van der Waals surface area contributed by atoms with Crippen LogP contribution in [0.5, 0.6) is 0 Å². The monoisotopic (exact) mass is 246 g/mol. The maximum Gasteiger partial charge on any atom is 0.135 e. The number of rotatable bonds is 1. The van der Waals surface area contributed by atoms with Crippen LogP contribution >= 0.6 is 0 Å². The predicted molar refractivity (Wildman–Crippen MR) is 74.7 cm³/mol. The Morgan fingerprint density at radius 3 is 2.42 bits per heavy atom. The highest BCUT2D eigenvalue weighted by atomic mass is 16.3. The standard InChI is InChI=1S/C16H10N2O/c1-2-4-15-13(3-1)14-7-11(5-6-16(14)19-15)12-8-17-10-18-9-12/h1-10H. The third-order valence-corrected chi connectivity index (χ3v) is 3.27. The van der Waals surface area contributed by atoms with Crippen LogP contribution in [-0.2, 0) is 0 Å². The van der Waals surface area contributed by atoms with Gasteiger partial charge >= 0.3 is 0 Å². The Balaban J connectivity index is 2.03. The Hall–Kier alpha value is -2.68. The molecule has 3 heteroatoms. The van der Waals surface area contributed by atoms with Gasteiger partial charge in [0.05, 0.1) is 0 Å². The van der Waals surface area contributed by atoms with E-state index in [9.17, 15) is 0 Å². The summed E-state index contributed by atoms with van der Waals surface area (Å²) in [5.41, 5.74) is 3.93. The van der Waals surface area contributed by atoms with E-state index in [2.05, 4.69) is 22.1 Å². The Kier molecular flexibility index (Phi) is 2.12. The molecule has 2 aromatic carbocycles. The molecule has 0 aliphatic heterocycles. The van der Waals surface area contributed by atoms with Gasteiger partial charge in [-0.1, -0.05) is 24.3 Å². The van der Waals surface area contributed by atoms with Gasteiger partial charge in [-0.25, -0.2) is 9.97 Å². The van der Waals surface area contributed by atoms with Crippen LogP contribution in [0.4, 0.5) is 0 Å². The van der Waals surface area contributed by atoms with E-state index >= 15 is 0 Å². The molecule has 0 N–H and O–H groups in total. The highest BCUT2D eigenvalue weighted by molar-refractivity contribution is 6.06. The zero-order chi connectivity index (χ0) is 12.7. The van der Waals surface area contributed by atoms with Crippen LogP contribution in [0.3, 0.4) is 0 Å². The number of nitrogens with zero attached hydrogens (tertiary/aromatic N) is 2. The molecule has 0 aliphatic rings. The first-order valence-corrected chi connectivity index (χ1v) is 6.08. The normalized spacial score (nSPS) is 11.2. The van der Waals surface area contributed by atoms with Crippen molar-refractivity contribution in [1.82, 2.24) is 9.97 Å². The average Bonchev–Trinajstić information content (AvgIpc) is 2.86. The van der Waals surface area contributed by atoms with Crippen molar-refractivity contribution in [1.29, 1.82) is 0 Å². The lowest BCUT2D eigenvalue weighted by molar-refractivity contribution is 0.669. The van der Waals surface area contributed by atoms with Crippen LogP contribution in [0, 0.1) is 0 Å². The van der Waals surface area contributed by atoms with E-state index in [1.165, 1.54) is 6.33 Å². The topological polar surface area (TPSA) is 38.9 Å². The Morgan fingerprint density at radius 1 is 0.737 bits per heavy atom. The molecule has 4 aromatic rings. The number of furan rings is 1. The molecule has 0 bridgehead atoms. The minimum absolute atomic E-state index is 0.904. The zero-order valence-electron chi connectivity index (χ0n) is 10.1. The Bertz CT molecular complexity index is 866. The Morgan fingerprint density at radius 2 is 1.53 bits per heavy atom. The van der Waals surface area contributed by atoms with E-state index in [0.717, 1.165) is 33.1 Å². The fourth-order valence-electron chi connectivity index (χ4n) is 2.35. The van der Waals surface area contributed by atoms with Crippen LogP contribution in [0.25, 0.3) is 33.1 Å². The van der Waals surface area contributed by atoms with Crippen LogP contribution < -0.4 is 0 Å². The molecule has 2 aromatic heterocycles. The minimum atomic E-state index is 0.904. The van der Waals surface area contributed by atoms with Gasteiger partial charge in [-0.15, -0.1) is 0 Å². The molecule has 2 heterocycles. The summed E-state index contributed by atoms with van der Waals surface area (Å²) in [7, 11) is 0. The van der Waals surface area contributed by atoms with E-state index in [0.29, 0.717) is 0 Å². The summed E-state index contributed by atoms with van der Waals surface area (Å²) in [5, 5.41) is 2.26. The first-order chi connectivity index (χ1) is 9.42. The molecule has 0 unspecified atom stereocenters. The largest absolute Gasteiger partial charge is 0.456 e. The third-order valence-electron chi connectivity index (χ3n) is 3.27. The second-order valence-corrected chi connectivity index (χ2v) is 4.44. The highest BCUT2D eigenvalue weighted by Crippen LogP contribution is 2.31. The first kappa shape index (κ1) is 10.3. The van der Waals surface area contributed by atoms with Gasteiger partial charge in [-0.2, -0.15) is 0 Å². The van der Waals surface area contributed by atoms with Crippen molar-refractivity contribution in [3.63, 3.8) is 0 Å². The number of para-hydroxylation sites is 1. The number of benzene rings is 2. The highest BCUT2D eigenvalue weighted by Gasteiger charge is 2.07. The van der Waals surface area contributed by atoms with Crippen molar-refractivity contribution in [3.8, 4) is 11.1 Å². The van der Waals surface area contributed by atoms with E-state index in [-0.39, 0.29) is 0 Å². The lowest BCUT2D eigenvalue weighted by Crippen LogP contribution is -1.81. The fraction of sp³-hybridized carbons (Fsp3) is 0. The predicted octanol–water partition coefficient (Wildman–Crippen LogP) is 4.04. The van der Waals surface area contributed by atoms with Crippen molar-refractivity contribution >= 4 is 21.9 Å². The van der Waals surface area contributed by atoms with Crippen molar-refractivity contribution < 1.29 is 4.42 Å². The van der Waals surface area contributed by atoms with Crippen molar-refractivity contribution in [2.45, 2.75) is 0 Å². The smallest absolute Gasteiger partial charge is 0.135 e. The molecule has 0 fully saturated rings. The molecule has 3 nitrogen and oxygen atoms in total. The number of fused-ring (bicyclic) bond motifs is 3. The SMILES string of the molecule is c1ccc2c(c1)oc1ccc(-c3cncnc3)cc12. The maximum atomic E-state index is 5.81. The quantitative estimate of drug-likeness (QED) is 0.508. The molecule has 0 radical (unpaired) electrons. The second-order valence-electron chi connectivity index (χ2n) is 4.44. The van der Waals surface area contributed by atoms with Gasteiger partial charge in [0.1, 0.15) is 17.5 Å². The first-order valence-electron chi connectivity index (χ1n) is 6.08. The molecule has 0 spiro atoms. The van der Waals surface area contributed by atoms with Crippen LogP contribution in [0.15, 0.2) is 65.6 Å². The molecular weight excluding hydrogens is 236 g/mol. The molecule has 0 saturated carbocycles. The third kappa shape index (κ3) is 1.59. The maximum absolute atomic E-state index is 5.81. The summed E-state index contributed by atoms with van der Waals surface area (Å²) in [4.78, 5) is 8.11. The summed E-state index contributed by atoms with van der Waals surface area (Å²) < 4.78 is 5.81. The van der Waals surface area contributed by atoms with Gasteiger partial charge in [0.2, 0.25) is 0 Å². The second kappa shape index (κ2) is 3.92. The molecule has 0 atom stereocenters. The van der Waals surface area contributed by atoms with Gasteiger partial charge in [0, 0.05) is 28.7 Å². The van der Waals surface area contributed by atoms with Gasteiger partial charge in [-0.3, -0.25) is 0 Å². The molecule has 0 aliphatic carbocycles. The van der Waals surface area contributed by atoms with E-state index in [1.807, 2.05) is 42.7 Å². The molecule has 0 saturated heterocycles. The van der Waals surface area contributed by atoms with Gasteiger partial charge in [0.15, 0.2) is 0 Å². The molecular formula is C16H10N2O. The summed E-state index contributed by atoms with van der Waals surface area (Å²) in [5.74, 6) is 0. The number of hydrogen-bond donors (Lipinski definition) is 0.